The average molecular weight is 244 g/mol. The van der Waals surface area contributed by atoms with Crippen LogP contribution >= 0.6 is 15.9 Å². The van der Waals surface area contributed by atoms with E-state index in [2.05, 4.69) is 20.9 Å². The van der Waals surface area contributed by atoms with Crippen LogP contribution in [-0.2, 0) is 13.0 Å². The Morgan fingerprint density at radius 1 is 1.31 bits per heavy atom. The van der Waals surface area contributed by atoms with Crippen LogP contribution in [0.1, 0.15) is 24.1 Å². The van der Waals surface area contributed by atoms with E-state index in [-0.39, 0.29) is 6.61 Å². The Balaban J connectivity index is 2.40. The smallest absolute Gasteiger partial charge is 0.0852 e. The Hall–Kier alpha value is -0.410. The number of aliphatic hydroxyl groups excluding tert-OH is 1. The molecule has 0 fully saturated rings. The molecule has 72 valence electrons. The van der Waals surface area contributed by atoms with Crippen LogP contribution in [0.4, 0.5) is 0 Å². The van der Waals surface area contributed by atoms with Gasteiger partial charge in [-0.1, -0.05) is 22.0 Å². The highest BCUT2D eigenvalue weighted by atomic mass is 79.9. The summed E-state index contributed by atoms with van der Waals surface area (Å²) in [6.45, 7) is 0.0294. The second kappa shape index (κ2) is 6.11. The lowest BCUT2D eigenvalue weighted by molar-refractivity contribution is 0.277. The number of rotatable bonds is 5. The minimum Gasteiger partial charge on any atom is -0.390 e. The normalized spacial score (nSPS) is 10.3. The Morgan fingerprint density at radius 3 is 2.69 bits per heavy atom. The minimum absolute atomic E-state index is 0.0294. The van der Waals surface area contributed by atoms with E-state index < -0.39 is 0 Å². The molecule has 0 unspecified atom stereocenters. The van der Waals surface area contributed by atoms with Gasteiger partial charge >= 0.3 is 0 Å². The SMILES string of the molecule is OCc1ccc(CCCCBr)cn1. The Labute approximate surface area is 87.1 Å². The zero-order chi connectivity index (χ0) is 9.52. The van der Waals surface area contributed by atoms with E-state index in [1.165, 1.54) is 18.4 Å². The van der Waals surface area contributed by atoms with E-state index in [4.69, 9.17) is 5.11 Å². The van der Waals surface area contributed by atoms with Gasteiger partial charge in [-0.15, -0.1) is 0 Å². The van der Waals surface area contributed by atoms with Crippen molar-refractivity contribution in [1.82, 2.24) is 4.98 Å². The van der Waals surface area contributed by atoms with Crippen LogP contribution in [0.5, 0.6) is 0 Å². The summed E-state index contributed by atoms with van der Waals surface area (Å²) in [6.07, 6.45) is 5.30. The van der Waals surface area contributed by atoms with Crippen molar-refractivity contribution in [1.29, 1.82) is 0 Å². The first kappa shape index (κ1) is 10.7. The monoisotopic (exact) mass is 243 g/mol. The molecule has 0 bridgehead atoms. The third-order valence-corrected chi connectivity index (χ3v) is 2.46. The maximum atomic E-state index is 8.77. The van der Waals surface area contributed by atoms with Crippen molar-refractivity contribution in [2.24, 2.45) is 0 Å². The predicted molar refractivity (Wildman–Crippen MR) is 56.9 cm³/mol. The lowest BCUT2D eigenvalue weighted by atomic mass is 10.1. The molecule has 1 aromatic rings. The Kier molecular flexibility index (Phi) is 5.01. The molecule has 1 N–H and O–H groups in total. The first-order valence-electron chi connectivity index (χ1n) is 4.47. The topological polar surface area (TPSA) is 33.1 Å². The molecule has 0 spiro atoms. The van der Waals surface area contributed by atoms with Crippen molar-refractivity contribution in [2.45, 2.75) is 25.9 Å². The second-order valence-corrected chi connectivity index (χ2v) is 3.75. The number of hydrogen-bond acceptors (Lipinski definition) is 2. The Morgan fingerprint density at radius 2 is 2.15 bits per heavy atom. The van der Waals surface area contributed by atoms with Crippen LogP contribution in [-0.4, -0.2) is 15.4 Å². The first-order chi connectivity index (χ1) is 6.36. The van der Waals surface area contributed by atoms with Gasteiger partial charge in [0.05, 0.1) is 12.3 Å². The summed E-state index contributed by atoms with van der Waals surface area (Å²) in [4.78, 5) is 4.11. The summed E-state index contributed by atoms with van der Waals surface area (Å²) in [6, 6.07) is 3.91. The number of halogens is 1. The van der Waals surface area contributed by atoms with E-state index in [1.807, 2.05) is 18.3 Å². The summed E-state index contributed by atoms with van der Waals surface area (Å²) in [5.41, 5.74) is 1.99. The highest BCUT2D eigenvalue weighted by Gasteiger charge is 1.94. The molecule has 0 atom stereocenters. The van der Waals surface area contributed by atoms with Gasteiger partial charge in [-0.25, -0.2) is 0 Å². The van der Waals surface area contributed by atoms with Crippen LogP contribution in [0.2, 0.25) is 0 Å². The molecule has 1 heterocycles. The van der Waals surface area contributed by atoms with E-state index in [0.717, 1.165) is 17.4 Å². The van der Waals surface area contributed by atoms with E-state index in [1.54, 1.807) is 0 Å². The molecule has 3 heteroatoms. The van der Waals surface area contributed by atoms with Gasteiger partial charge in [0.25, 0.3) is 0 Å². The zero-order valence-corrected chi connectivity index (χ0v) is 9.13. The van der Waals surface area contributed by atoms with Gasteiger partial charge in [0.15, 0.2) is 0 Å². The predicted octanol–water partition coefficient (Wildman–Crippen LogP) is 2.29. The Bertz CT molecular complexity index is 235. The molecule has 0 saturated carbocycles. The van der Waals surface area contributed by atoms with Crippen molar-refractivity contribution < 1.29 is 5.11 Å². The third kappa shape index (κ3) is 3.87. The highest BCUT2D eigenvalue weighted by molar-refractivity contribution is 9.09. The van der Waals surface area contributed by atoms with Crippen LogP contribution in [0.3, 0.4) is 0 Å². The number of alkyl halides is 1. The molecule has 0 aliphatic heterocycles. The first-order valence-corrected chi connectivity index (χ1v) is 5.59. The van der Waals surface area contributed by atoms with Gasteiger partial charge in [0.1, 0.15) is 0 Å². The molecule has 0 amide bonds. The minimum atomic E-state index is 0.0294. The molecule has 0 aromatic carbocycles. The van der Waals surface area contributed by atoms with Crippen molar-refractivity contribution >= 4 is 15.9 Å². The molecular formula is C10H14BrNO. The standard InChI is InChI=1S/C10H14BrNO/c11-6-2-1-3-9-4-5-10(8-13)12-7-9/h4-5,7,13H,1-3,6,8H2. The average Bonchev–Trinajstić information content (AvgIpc) is 2.19. The number of aromatic nitrogens is 1. The van der Waals surface area contributed by atoms with Gasteiger partial charge in [0.2, 0.25) is 0 Å². The van der Waals surface area contributed by atoms with Gasteiger partial charge in [-0.05, 0) is 30.9 Å². The molecule has 13 heavy (non-hydrogen) atoms. The van der Waals surface area contributed by atoms with Crippen molar-refractivity contribution in [3.63, 3.8) is 0 Å². The molecule has 0 radical (unpaired) electrons. The fourth-order valence-electron chi connectivity index (χ4n) is 1.12. The zero-order valence-electron chi connectivity index (χ0n) is 7.54. The van der Waals surface area contributed by atoms with E-state index >= 15 is 0 Å². The lowest BCUT2D eigenvalue weighted by Gasteiger charge is -2.00. The number of aliphatic hydroxyl groups is 1. The quantitative estimate of drug-likeness (QED) is 0.636. The van der Waals surface area contributed by atoms with Gasteiger partial charge in [-0.3, -0.25) is 4.98 Å². The largest absolute Gasteiger partial charge is 0.390 e. The number of pyridine rings is 1. The van der Waals surface area contributed by atoms with Crippen LogP contribution in [0.15, 0.2) is 18.3 Å². The van der Waals surface area contributed by atoms with Gasteiger partial charge in [0, 0.05) is 11.5 Å². The fourth-order valence-corrected chi connectivity index (χ4v) is 1.52. The molecule has 0 aliphatic rings. The third-order valence-electron chi connectivity index (χ3n) is 1.90. The van der Waals surface area contributed by atoms with Gasteiger partial charge < -0.3 is 5.11 Å². The van der Waals surface area contributed by atoms with Crippen molar-refractivity contribution in [3.05, 3.63) is 29.6 Å². The number of unbranched alkanes of at least 4 members (excludes halogenated alkanes) is 1. The molecule has 1 rings (SSSR count). The maximum Gasteiger partial charge on any atom is 0.0852 e. The fraction of sp³-hybridized carbons (Fsp3) is 0.500. The maximum absolute atomic E-state index is 8.77. The summed E-state index contributed by atoms with van der Waals surface area (Å²) in [7, 11) is 0. The van der Waals surface area contributed by atoms with E-state index in [9.17, 15) is 0 Å². The summed E-state index contributed by atoms with van der Waals surface area (Å²) >= 11 is 3.40. The van der Waals surface area contributed by atoms with Gasteiger partial charge in [-0.2, -0.15) is 0 Å². The van der Waals surface area contributed by atoms with E-state index in [0.29, 0.717) is 0 Å². The van der Waals surface area contributed by atoms with Crippen LogP contribution in [0.25, 0.3) is 0 Å². The number of nitrogens with zero attached hydrogens (tertiary/aromatic N) is 1. The molecular weight excluding hydrogens is 230 g/mol. The second-order valence-electron chi connectivity index (χ2n) is 2.96. The van der Waals surface area contributed by atoms with Crippen molar-refractivity contribution in [3.8, 4) is 0 Å². The van der Waals surface area contributed by atoms with Crippen molar-refractivity contribution in [2.75, 3.05) is 5.33 Å². The summed E-state index contributed by atoms with van der Waals surface area (Å²) in [5, 5.41) is 9.84. The molecule has 0 aliphatic carbocycles. The molecule has 0 saturated heterocycles. The lowest BCUT2D eigenvalue weighted by Crippen LogP contribution is -1.92. The van der Waals surface area contributed by atoms with Crippen LogP contribution < -0.4 is 0 Å². The van der Waals surface area contributed by atoms with Crippen LogP contribution in [0, 0.1) is 0 Å². The highest BCUT2D eigenvalue weighted by Crippen LogP contribution is 2.05. The molecule has 1 aromatic heterocycles. The number of aryl methyl sites for hydroxylation is 1. The summed E-state index contributed by atoms with van der Waals surface area (Å²) < 4.78 is 0. The number of hydrogen-bond donors (Lipinski definition) is 1. The summed E-state index contributed by atoms with van der Waals surface area (Å²) in [5.74, 6) is 0. The molecule has 2 nitrogen and oxygen atoms in total.